The Kier molecular flexibility index (Phi) is 3.43. The first-order valence-corrected chi connectivity index (χ1v) is 7.75. The number of fused-ring (bicyclic) bond motifs is 2. The quantitative estimate of drug-likeness (QED) is 0.390. The van der Waals surface area contributed by atoms with Crippen LogP contribution >= 0.6 is 0 Å². The van der Waals surface area contributed by atoms with Gasteiger partial charge in [0.25, 0.3) is 5.91 Å². The maximum atomic E-state index is 12.4. The van der Waals surface area contributed by atoms with Crippen LogP contribution in [0.4, 0.5) is 0 Å². The molecule has 0 atom stereocenters. The van der Waals surface area contributed by atoms with Gasteiger partial charge in [0.2, 0.25) is 0 Å². The molecule has 0 aliphatic rings. The summed E-state index contributed by atoms with van der Waals surface area (Å²) in [5.74, 6) is -0.0781. The van der Waals surface area contributed by atoms with Crippen molar-refractivity contribution in [3.8, 4) is 5.82 Å². The average molecular weight is 329 g/mol. The molecule has 4 N–H and O–H groups in total. The average Bonchev–Trinajstić information content (AvgIpc) is 3.00. The predicted molar refractivity (Wildman–Crippen MR) is 98.0 cm³/mol. The summed E-state index contributed by atoms with van der Waals surface area (Å²) in [6.07, 6.45) is 1.72. The van der Waals surface area contributed by atoms with E-state index in [0.717, 1.165) is 27.6 Å². The molecule has 2 heterocycles. The first-order valence-electron chi connectivity index (χ1n) is 7.75. The number of guanidine groups is 1. The number of aromatic nitrogens is 2. The molecule has 6 nitrogen and oxygen atoms in total. The van der Waals surface area contributed by atoms with Gasteiger partial charge < -0.3 is 10.3 Å². The van der Waals surface area contributed by atoms with Crippen LogP contribution in [0.5, 0.6) is 0 Å². The van der Waals surface area contributed by atoms with Crippen LogP contribution in [0.25, 0.3) is 27.6 Å². The highest BCUT2D eigenvalue weighted by Crippen LogP contribution is 2.25. The van der Waals surface area contributed by atoms with Gasteiger partial charge in [0.1, 0.15) is 5.82 Å². The van der Waals surface area contributed by atoms with E-state index >= 15 is 0 Å². The molecule has 4 rings (SSSR count). The van der Waals surface area contributed by atoms with Gasteiger partial charge in [0, 0.05) is 17.0 Å². The summed E-state index contributed by atoms with van der Waals surface area (Å²) in [4.78, 5) is 17.1. The fourth-order valence-corrected chi connectivity index (χ4v) is 2.93. The molecule has 0 saturated heterocycles. The summed E-state index contributed by atoms with van der Waals surface area (Å²) in [6, 6.07) is 19.4. The van der Waals surface area contributed by atoms with Crippen LogP contribution in [-0.4, -0.2) is 21.4 Å². The van der Waals surface area contributed by atoms with Gasteiger partial charge in [-0.15, -0.1) is 0 Å². The Hall–Kier alpha value is -3.67. The second kappa shape index (κ2) is 5.76. The van der Waals surface area contributed by atoms with Gasteiger partial charge in [-0.05, 0) is 24.3 Å². The van der Waals surface area contributed by atoms with Crippen molar-refractivity contribution in [3.05, 3.63) is 72.4 Å². The zero-order chi connectivity index (χ0) is 17.4. The standard InChI is InChI=1S/C19H15N5O/c20-19(21)23-18(25)14-11-24(16-8-4-2-6-13(14)16)17-10-9-12-5-1-3-7-15(12)22-17/h1-11H,(H4,20,21,23,25). The molecule has 0 spiro atoms. The van der Waals surface area contributed by atoms with Crippen molar-refractivity contribution in [2.45, 2.75) is 0 Å². The number of carbonyl (C=O) groups is 1. The highest BCUT2D eigenvalue weighted by atomic mass is 16.1. The highest BCUT2D eigenvalue weighted by Gasteiger charge is 2.16. The van der Waals surface area contributed by atoms with Gasteiger partial charge in [0.05, 0.1) is 16.6 Å². The van der Waals surface area contributed by atoms with E-state index in [1.54, 1.807) is 6.20 Å². The van der Waals surface area contributed by atoms with Crippen molar-refractivity contribution in [3.63, 3.8) is 0 Å². The van der Waals surface area contributed by atoms with Crippen molar-refractivity contribution >= 4 is 33.7 Å². The molecule has 0 aliphatic carbocycles. The molecule has 0 radical (unpaired) electrons. The molecule has 25 heavy (non-hydrogen) atoms. The zero-order valence-electron chi connectivity index (χ0n) is 13.2. The van der Waals surface area contributed by atoms with Crippen molar-refractivity contribution in [1.82, 2.24) is 14.9 Å². The summed E-state index contributed by atoms with van der Waals surface area (Å²) < 4.78 is 1.87. The van der Waals surface area contributed by atoms with E-state index in [2.05, 4.69) is 5.32 Å². The van der Waals surface area contributed by atoms with E-state index in [1.165, 1.54) is 0 Å². The molecule has 0 saturated carbocycles. The SMILES string of the molecule is N=C(N)NC(=O)c1cn(-c2ccc3ccccc3n2)c2ccccc12. The zero-order valence-corrected chi connectivity index (χ0v) is 13.2. The highest BCUT2D eigenvalue weighted by molar-refractivity contribution is 6.12. The number of nitrogens with zero attached hydrogens (tertiary/aromatic N) is 2. The third-order valence-corrected chi connectivity index (χ3v) is 4.04. The third kappa shape index (κ3) is 2.59. The largest absolute Gasteiger partial charge is 0.370 e. The Labute approximate surface area is 143 Å². The summed E-state index contributed by atoms with van der Waals surface area (Å²) in [7, 11) is 0. The molecule has 0 aliphatic heterocycles. The second-order valence-electron chi connectivity index (χ2n) is 5.66. The predicted octanol–water partition coefficient (Wildman–Crippen LogP) is 2.80. The molecule has 6 heteroatoms. The number of nitrogens with one attached hydrogen (secondary N) is 2. The Morgan fingerprint density at radius 3 is 2.64 bits per heavy atom. The lowest BCUT2D eigenvalue weighted by Crippen LogP contribution is -2.35. The lowest BCUT2D eigenvalue weighted by molar-refractivity contribution is 0.0978. The smallest absolute Gasteiger partial charge is 0.260 e. The first kappa shape index (κ1) is 14.9. The molecule has 2 aromatic carbocycles. The Morgan fingerprint density at radius 1 is 1.04 bits per heavy atom. The van der Waals surface area contributed by atoms with E-state index < -0.39 is 5.91 Å². The molecule has 0 bridgehead atoms. The number of nitrogens with two attached hydrogens (primary N) is 1. The minimum absolute atomic E-state index is 0.384. The fourth-order valence-electron chi connectivity index (χ4n) is 2.93. The molecule has 1 amide bonds. The Balaban J connectivity index is 1.91. The van der Waals surface area contributed by atoms with Crippen LogP contribution in [-0.2, 0) is 0 Å². The molecule has 122 valence electrons. The fraction of sp³-hybridized carbons (Fsp3) is 0. The van der Waals surface area contributed by atoms with Crippen LogP contribution < -0.4 is 11.1 Å². The van der Waals surface area contributed by atoms with Gasteiger partial charge in [0.15, 0.2) is 5.96 Å². The monoisotopic (exact) mass is 329 g/mol. The van der Waals surface area contributed by atoms with E-state index in [1.807, 2.05) is 65.2 Å². The lowest BCUT2D eigenvalue weighted by atomic mass is 10.1. The number of rotatable bonds is 2. The van der Waals surface area contributed by atoms with Crippen LogP contribution in [0, 0.1) is 5.41 Å². The summed E-state index contributed by atoms with van der Waals surface area (Å²) >= 11 is 0. The van der Waals surface area contributed by atoms with Gasteiger partial charge in [-0.1, -0.05) is 36.4 Å². The molecular formula is C19H15N5O. The second-order valence-corrected chi connectivity index (χ2v) is 5.66. The van der Waals surface area contributed by atoms with E-state index in [4.69, 9.17) is 16.1 Å². The molecule has 0 unspecified atom stereocenters. The maximum Gasteiger partial charge on any atom is 0.260 e. The minimum atomic E-state index is -0.414. The van der Waals surface area contributed by atoms with Crippen molar-refractivity contribution in [2.24, 2.45) is 5.73 Å². The van der Waals surface area contributed by atoms with Crippen molar-refractivity contribution in [1.29, 1.82) is 5.41 Å². The molecule has 0 fully saturated rings. The van der Waals surface area contributed by atoms with E-state index in [9.17, 15) is 4.79 Å². The minimum Gasteiger partial charge on any atom is -0.370 e. The number of carbonyl (C=O) groups excluding carboxylic acids is 1. The number of hydrogen-bond acceptors (Lipinski definition) is 3. The van der Waals surface area contributed by atoms with Crippen LogP contribution in [0.1, 0.15) is 10.4 Å². The topological polar surface area (TPSA) is 96.8 Å². The molecule has 4 aromatic rings. The number of benzene rings is 2. The Morgan fingerprint density at radius 2 is 1.80 bits per heavy atom. The van der Waals surface area contributed by atoms with Crippen LogP contribution in [0.3, 0.4) is 0 Å². The number of hydrogen-bond donors (Lipinski definition) is 3. The number of pyridine rings is 1. The van der Waals surface area contributed by atoms with Gasteiger partial charge >= 0.3 is 0 Å². The summed E-state index contributed by atoms with van der Waals surface area (Å²) in [5.41, 5.74) is 7.47. The van der Waals surface area contributed by atoms with Crippen LogP contribution in [0.2, 0.25) is 0 Å². The molecular weight excluding hydrogens is 314 g/mol. The first-order chi connectivity index (χ1) is 12.1. The van der Waals surface area contributed by atoms with E-state index in [-0.39, 0.29) is 5.96 Å². The van der Waals surface area contributed by atoms with Crippen molar-refractivity contribution < 1.29 is 4.79 Å². The third-order valence-electron chi connectivity index (χ3n) is 4.04. The summed E-state index contributed by atoms with van der Waals surface area (Å²) in [5, 5.41) is 11.4. The maximum absolute atomic E-state index is 12.4. The van der Waals surface area contributed by atoms with Gasteiger partial charge in [-0.3, -0.25) is 15.5 Å². The lowest BCUT2D eigenvalue weighted by Gasteiger charge is -2.05. The Bertz CT molecular complexity index is 1130. The van der Waals surface area contributed by atoms with Gasteiger partial charge in [-0.25, -0.2) is 4.98 Å². The van der Waals surface area contributed by atoms with Crippen molar-refractivity contribution in [2.75, 3.05) is 0 Å². The van der Waals surface area contributed by atoms with Gasteiger partial charge in [-0.2, -0.15) is 0 Å². The number of amides is 1. The van der Waals surface area contributed by atoms with E-state index in [0.29, 0.717) is 5.56 Å². The normalized spacial score (nSPS) is 10.9. The molecule has 2 aromatic heterocycles. The summed E-state index contributed by atoms with van der Waals surface area (Å²) in [6.45, 7) is 0. The number of para-hydroxylation sites is 2. The van der Waals surface area contributed by atoms with Crippen LogP contribution in [0.15, 0.2) is 66.9 Å².